The summed E-state index contributed by atoms with van der Waals surface area (Å²) in [5.41, 5.74) is 6.16. The molecule has 3 N–H and O–H groups in total. The molecule has 0 spiro atoms. The van der Waals surface area contributed by atoms with Crippen molar-refractivity contribution in [2.24, 2.45) is 11.7 Å². The highest BCUT2D eigenvalue weighted by atomic mass is 19.3. The Morgan fingerprint density at radius 2 is 2.07 bits per heavy atom. The molecule has 148 valence electrons. The SMILES string of the molecule is CC/C(=C(\C=C/CC(N)=O)c1ccc(NCC2CCCCC2)nc1)C(F)F. The Bertz CT molecular complexity index is 663. The summed E-state index contributed by atoms with van der Waals surface area (Å²) in [6.07, 6.45) is 8.73. The van der Waals surface area contributed by atoms with Gasteiger partial charge >= 0.3 is 0 Å². The number of nitrogens with two attached hydrogens (primary N) is 1. The number of alkyl halides is 2. The summed E-state index contributed by atoms with van der Waals surface area (Å²) < 4.78 is 26.8. The van der Waals surface area contributed by atoms with E-state index in [0.29, 0.717) is 17.1 Å². The molecule has 1 fully saturated rings. The molecule has 0 atom stereocenters. The standard InChI is InChI=1S/C21H29F2N3O/c1-2-17(21(22)23)18(9-6-10-19(24)27)16-11-12-20(26-14-16)25-13-15-7-4-3-5-8-15/h6,9,11-12,14-15,21H,2-5,7-8,10,13H2,1H3,(H2,24,27)(H,25,26)/b9-6-,18-17-. The molecule has 1 aliphatic carbocycles. The summed E-state index contributed by atoms with van der Waals surface area (Å²) in [7, 11) is 0. The van der Waals surface area contributed by atoms with E-state index in [1.54, 1.807) is 25.3 Å². The molecule has 1 aromatic heterocycles. The average molecular weight is 377 g/mol. The molecule has 0 unspecified atom stereocenters. The Morgan fingerprint density at radius 3 is 2.63 bits per heavy atom. The quantitative estimate of drug-likeness (QED) is 0.599. The molecule has 0 radical (unpaired) electrons. The first-order valence-electron chi connectivity index (χ1n) is 9.67. The van der Waals surface area contributed by atoms with E-state index in [4.69, 9.17) is 5.73 Å². The second-order valence-corrected chi connectivity index (χ2v) is 6.98. The van der Waals surface area contributed by atoms with Crippen LogP contribution in [0.1, 0.15) is 57.4 Å². The van der Waals surface area contributed by atoms with Gasteiger partial charge in [0, 0.05) is 30.3 Å². The molecule has 2 rings (SSSR count). The number of hydrogen-bond acceptors (Lipinski definition) is 3. The van der Waals surface area contributed by atoms with Crippen LogP contribution in [0.25, 0.3) is 5.57 Å². The second kappa shape index (κ2) is 10.8. The van der Waals surface area contributed by atoms with Crippen LogP contribution in [0.15, 0.2) is 36.1 Å². The lowest BCUT2D eigenvalue weighted by Gasteiger charge is -2.22. The van der Waals surface area contributed by atoms with Crippen LogP contribution < -0.4 is 11.1 Å². The van der Waals surface area contributed by atoms with Crippen LogP contribution in [0.4, 0.5) is 14.6 Å². The second-order valence-electron chi connectivity index (χ2n) is 6.98. The van der Waals surface area contributed by atoms with Crippen LogP contribution in [-0.2, 0) is 4.79 Å². The lowest BCUT2D eigenvalue weighted by atomic mass is 9.89. The largest absolute Gasteiger partial charge is 0.370 e. The maximum absolute atomic E-state index is 13.4. The van der Waals surface area contributed by atoms with Gasteiger partial charge in [0.2, 0.25) is 5.91 Å². The summed E-state index contributed by atoms with van der Waals surface area (Å²) in [5, 5.41) is 3.35. The number of carbonyl (C=O) groups excluding carboxylic acids is 1. The van der Waals surface area contributed by atoms with Crippen molar-refractivity contribution in [1.29, 1.82) is 0 Å². The van der Waals surface area contributed by atoms with E-state index in [0.717, 1.165) is 12.4 Å². The van der Waals surface area contributed by atoms with Crippen molar-refractivity contribution in [3.8, 4) is 0 Å². The van der Waals surface area contributed by atoms with Gasteiger partial charge in [-0.3, -0.25) is 4.79 Å². The zero-order valence-electron chi connectivity index (χ0n) is 15.9. The number of anilines is 1. The Morgan fingerprint density at radius 1 is 1.33 bits per heavy atom. The number of carbonyl (C=O) groups is 1. The van der Waals surface area contributed by atoms with Crippen LogP contribution in [-0.4, -0.2) is 23.9 Å². The highest BCUT2D eigenvalue weighted by Crippen LogP contribution is 2.28. The fourth-order valence-electron chi connectivity index (χ4n) is 3.44. The van der Waals surface area contributed by atoms with E-state index >= 15 is 0 Å². The molecule has 0 saturated heterocycles. The number of amides is 1. The van der Waals surface area contributed by atoms with E-state index in [1.165, 1.54) is 38.2 Å². The van der Waals surface area contributed by atoms with Crippen LogP contribution in [0.3, 0.4) is 0 Å². The van der Waals surface area contributed by atoms with Gasteiger partial charge in [0.15, 0.2) is 0 Å². The van der Waals surface area contributed by atoms with Crippen molar-refractivity contribution in [2.45, 2.75) is 58.3 Å². The first-order chi connectivity index (χ1) is 13.0. The fourth-order valence-corrected chi connectivity index (χ4v) is 3.44. The van der Waals surface area contributed by atoms with Crippen molar-refractivity contribution < 1.29 is 13.6 Å². The average Bonchev–Trinajstić information content (AvgIpc) is 2.66. The van der Waals surface area contributed by atoms with Crippen LogP contribution in [0.5, 0.6) is 0 Å². The molecule has 1 aliphatic rings. The number of aromatic nitrogens is 1. The van der Waals surface area contributed by atoms with Crippen molar-refractivity contribution in [3.05, 3.63) is 41.6 Å². The summed E-state index contributed by atoms with van der Waals surface area (Å²) in [4.78, 5) is 15.3. The number of nitrogens with zero attached hydrogens (tertiary/aromatic N) is 1. The topological polar surface area (TPSA) is 68.0 Å². The number of halogens is 2. The van der Waals surface area contributed by atoms with Gasteiger partial charge in [0.1, 0.15) is 5.82 Å². The van der Waals surface area contributed by atoms with E-state index < -0.39 is 12.3 Å². The predicted molar refractivity (Wildman–Crippen MR) is 105 cm³/mol. The smallest absolute Gasteiger partial charge is 0.260 e. The summed E-state index contributed by atoms with van der Waals surface area (Å²) in [6.45, 7) is 2.59. The highest BCUT2D eigenvalue weighted by Gasteiger charge is 2.16. The number of hydrogen-bond donors (Lipinski definition) is 2. The molecule has 4 nitrogen and oxygen atoms in total. The third-order valence-corrected chi connectivity index (χ3v) is 4.96. The third-order valence-electron chi connectivity index (χ3n) is 4.96. The van der Waals surface area contributed by atoms with E-state index in [-0.39, 0.29) is 18.4 Å². The molecule has 0 aliphatic heterocycles. The normalized spacial score (nSPS) is 16.6. The molecule has 1 amide bonds. The lowest BCUT2D eigenvalue weighted by molar-refractivity contribution is -0.117. The maximum atomic E-state index is 13.4. The lowest BCUT2D eigenvalue weighted by Crippen LogP contribution is -2.17. The molecule has 27 heavy (non-hydrogen) atoms. The number of rotatable bonds is 9. The van der Waals surface area contributed by atoms with Gasteiger partial charge in [-0.25, -0.2) is 13.8 Å². The van der Waals surface area contributed by atoms with Gasteiger partial charge in [-0.05, 0) is 42.9 Å². The number of primary amides is 1. The molecule has 0 aromatic carbocycles. The molecule has 1 heterocycles. The predicted octanol–water partition coefficient (Wildman–Crippen LogP) is 4.93. The highest BCUT2D eigenvalue weighted by molar-refractivity contribution is 5.80. The number of nitrogens with one attached hydrogen (secondary N) is 1. The van der Waals surface area contributed by atoms with Crippen molar-refractivity contribution in [3.63, 3.8) is 0 Å². The van der Waals surface area contributed by atoms with E-state index in [2.05, 4.69) is 10.3 Å². The van der Waals surface area contributed by atoms with E-state index in [1.807, 2.05) is 6.07 Å². The van der Waals surface area contributed by atoms with E-state index in [9.17, 15) is 13.6 Å². The van der Waals surface area contributed by atoms with Crippen molar-refractivity contribution in [1.82, 2.24) is 4.98 Å². The molecule has 6 heteroatoms. The molecular formula is C21H29F2N3O. The van der Waals surface area contributed by atoms with Gasteiger partial charge < -0.3 is 11.1 Å². The van der Waals surface area contributed by atoms with Crippen molar-refractivity contribution in [2.75, 3.05) is 11.9 Å². The maximum Gasteiger partial charge on any atom is 0.260 e. The minimum Gasteiger partial charge on any atom is -0.370 e. The first-order valence-corrected chi connectivity index (χ1v) is 9.67. The Labute approximate surface area is 159 Å². The minimum absolute atomic E-state index is 0.0121. The first kappa shape index (κ1) is 21.1. The summed E-state index contributed by atoms with van der Waals surface area (Å²) >= 11 is 0. The Balaban J connectivity index is 2.13. The summed E-state index contributed by atoms with van der Waals surface area (Å²) in [6, 6.07) is 3.61. The number of allylic oxidation sites excluding steroid dienone is 3. The van der Waals surface area contributed by atoms with Gasteiger partial charge in [-0.2, -0.15) is 0 Å². The number of pyridine rings is 1. The molecule has 1 saturated carbocycles. The van der Waals surface area contributed by atoms with Crippen molar-refractivity contribution >= 4 is 17.3 Å². The molecule has 0 bridgehead atoms. The van der Waals surface area contributed by atoms with Gasteiger partial charge in [-0.1, -0.05) is 38.3 Å². The molecule has 1 aromatic rings. The Kier molecular flexibility index (Phi) is 8.43. The van der Waals surface area contributed by atoms with Crippen LogP contribution in [0, 0.1) is 5.92 Å². The van der Waals surface area contributed by atoms with Crippen LogP contribution >= 0.6 is 0 Å². The van der Waals surface area contributed by atoms with Gasteiger partial charge in [0.05, 0.1) is 0 Å². The third kappa shape index (κ3) is 6.77. The monoisotopic (exact) mass is 377 g/mol. The van der Waals surface area contributed by atoms with Gasteiger partial charge in [-0.15, -0.1) is 0 Å². The Hall–Kier alpha value is -2.24. The summed E-state index contributed by atoms with van der Waals surface area (Å²) in [5.74, 6) is 0.930. The fraction of sp³-hybridized carbons (Fsp3) is 0.524. The molecular weight excluding hydrogens is 348 g/mol. The zero-order chi connectivity index (χ0) is 19.6. The van der Waals surface area contributed by atoms with Gasteiger partial charge in [0.25, 0.3) is 6.43 Å². The zero-order valence-corrected chi connectivity index (χ0v) is 15.9. The minimum atomic E-state index is -2.56. The van der Waals surface area contributed by atoms with Crippen LogP contribution in [0.2, 0.25) is 0 Å².